The van der Waals surface area contributed by atoms with Gasteiger partial charge in [0.2, 0.25) is 0 Å². The molecule has 0 saturated heterocycles. The maximum atomic E-state index is 12.1. The second-order valence-electron chi connectivity index (χ2n) is 5.40. The van der Waals surface area contributed by atoms with Crippen LogP contribution >= 0.6 is 33.9 Å². The maximum absolute atomic E-state index is 12.1. The minimum absolute atomic E-state index is 0.0206. The monoisotopic (exact) mass is 371 g/mol. The molecule has 0 spiro atoms. The lowest BCUT2D eigenvalue weighted by molar-refractivity contribution is 0.0935. The molecule has 1 amide bonds. The largest absolute Gasteiger partial charge is 0.351 e. The van der Waals surface area contributed by atoms with Gasteiger partial charge >= 0.3 is 0 Å². The average molecular weight is 373 g/mol. The highest BCUT2D eigenvalue weighted by molar-refractivity contribution is 8.13. The Bertz CT molecular complexity index is 657. The fourth-order valence-corrected chi connectivity index (χ4v) is 3.26. The molecular weight excluding hydrogens is 357 g/mol. The molecule has 1 N–H and O–H groups in total. The van der Waals surface area contributed by atoms with Crippen LogP contribution in [0.15, 0.2) is 17.0 Å². The summed E-state index contributed by atoms with van der Waals surface area (Å²) >= 11 is 11.7. The smallest absolute Gasteiger partial charge is 0.262 e. The number of benzene rings is 1. The minimum Gasteiger partial charge on any atom is -0.351 e. The molecule has 0 bridgehead atoms. The highest BCUT2D eigenvalue weighted by atomic mass is 35.7. The zero-order chi connectivity index (χ0) is 16.4. The van der Waals surface area contributed by atoms with Gasteiger partial charge in [-0.1, -0.05) is 44.0 Å². The van der Waals surface area contributed by atoms with Crippen molar-refractivity contribution in [3.63, 3.8) is 0 Å². The van der Waals surface area contributed by atoms with Crippen molar-refractivity contribution in [2.24, 2.45) is 5.41 Å². The number of carbonyl (C=O) groups excluding carboxylic acids is 1. The van der Waals surface area contributed by atoms with Crippen molar-refractivity contribution in [3.05, 3.63) is 27.7 Å². The molecule has 1 aromatic rings. The van der Waals surface area contributed by atoms with Gasteiger partial charge in [0.05, 0.1) is 15.6 Å². The van der Waals surface area contributed by atoms with Gasteiger partial charge in [0.25, 0.3) is 15.0 Å². The van der Waals surface area contributed by atoms with Crippen LogP contribution in [-0.4, -0.2) is 20.9 Å². The van der Waals surface area contributed by atoms with E-state index >= 15 is 0 Å². The fourth-order valence-electron chi connectivity index (χ4n) is 1.43. The van der Waals surface area contributed by atoms with Crippen LogP contribution in [0.2, 0.25) is 10.0 Å². The van der Waals surface area contributed by atoms with Crippen LogP contribution in [0.5, 0.6) is 0 Å². The first kappa shape index (κ1) is 18.6. The van der Waals surface area contributed by atoms with Gasteiger partial charge in [0.15, 0.2) is 0 Å². The van der Waals surface area contributed by atoms with Crippen molar-refractivity contribution < 1.29 is 13.2 Å². The van der Waals surface area contributed by atoms with E-state index in [-0.39, 0.29) is 25.9 Å². The molecule has 0 atom stereocenters. The topological polar surface area (TPSA) is 63.2 Å². The Hall–Kier alpha value is -0.490. The Morgan fingerprint density at radius 1 is 1.24 bits per heavy atom. The van der Waals surface area contributed by atoms with Crippen LogP contribution in [-0.2, 0) is 9.05 Å². The van der Waals surface area contributed by atoms with Gasteiger partial charge in [-0.25, -0.2) is 8.42 Å². The first-order valence-electron chi connectivity index (χ1n) is 6.20. The maximum Gasteiger partial charge on any atom is 0.262 e. The highest BCUT2D eigenvalue weighted by Gasteiger charge is 2.22. The Balaban J connectivity index is 3.11. The van der Waals surface area contributed by atoms with Gasteiger partial charge in [0.1, 0.15) is 4.90 Å². The molecule has 1 aromatic carbocycles. The fraction of sp³-hybridized carbons (Fsp3) is 0.462. The van der Waals surface area contributed by atoms with E-state index in [9.17, 15) is 13.2 Å². The van der Waals surface area contributed by atoms with E-state index in [1.54, 1.807) is 0 Å². The molecule has 0 fully saturated rings. The molecule has 0 radical (unpaired) electrons. The van der Waals surface area contributed by atoms with Crippen molar-refractivity contribution in [1.82, 2.24) is 5.32 Å². The number of hydrogen-bond acceptors (Lipinski definition) is 3. The summed E-state index contributed by atoms with van der Waals surface area (Å²) < 4.78 is 22.8. The van der Waals surface area contributed by atoms with E-state index in [1.807, 2.05) is 20.8 Å². The Morgan fingerprint density at radius 3 is 2.29 bits per heavy atom. The summed E-state index contributed by atoms with van der Waals surface area (Å²) in [6.07, 6.45) is 0.878. The van der Waals surface area contributed by atoms with Crippen molar-refractivity contribution in [2.45, 2.75) is 32.1 Å². The standard InChI is InChI=1S/C13H16Cl3NO3S/c1-4-13(2,3)7-17-12(18)8-5-11(21(16,19)20)10(15)6-9(8)14/h5-6H,4,7H2,1-3H3,(H,17,18). The number of hydrogen-bond donors (Lipinski definition) is 1. The molecule has 0 heterocycles. The molecule has 1 rings (SSSR count). The van der Waals surface area contributed by atoms with Gasteiger partial charge in [-0.3, -0.25) is 4.79 Å². The molecule has 0 aromatic heterocycles. The number of halogens is 3. The second kappa shape index (κ2) is 6.73. The van der Waals surface area contributed by atoms with Gasteiger partial charge in [-0.2, -0.15) is 0 Å². The van der Waals surface area contributed by atoms with Crippen LogP contribution in [0.25, 0.3) is 0 Å². The Labute approximate surface area is 139 Å². The summed E-state index contributed by atoms with van der Waals surface area (Å²) in [4.78, 5) is 11.8. The molecule has 0 aliphatic rings. The first-order chi connectivity index (χ1) is 9.48. The number of carbonyl (C=O) groups is 1. The lowest BCUT2D eigenvalue weighted by atomic mass is 9.90. The minimum atomic E-state index is -4.05. The summed E-state index contributed by atoms with van der Waals surface area (Å²) in [5.41, 5.74) is -0.0529. The van der Waals surface area contributed by atoms with Gasteiger partial charge in [0, 0.05) is 17.2 Å². The summed E-state index contributed by atoms with van der Waals surface area (Å²) in [6, 6.07) is 2.28. The molecule has 0 aliphatic heterocycles. The lowest BCUT2D eigenvalue weighted by Gasteiger charge is -2.23. The summed E-state index contributed by atoms with van der Waals surface area (Å²) in [5.74, 6) is -0.472. The van der Waals surface area contributed by atoms with Gasteiger partial charge < -0.3 is 5.32 Å². The molecule has 118 valence electrons. The van der Waals surface area contributed by atoms with Crippen LogP contribution in [0.4, 0.5) is 0 Å². The third kappa shape index (κ3) is 5.02. The van der Waals surface area contributed by atoms with Crippen molar-refractivity contribution >= 4 is 48.8 Å². The average Bonchev–Trinajstić information content (AvgIpc) is 2.34. The van der Waals surface area contributed by atoms with Crippen LogP contribution in [0.1, 0.15) is 37.6 Å². The van der Waals surface area contributed by atoms with E-state index < -0.39 is 15.0 Å². The van der Waals surface area contributed by atoms with Crippen LogP contribution in [0, 0.1) is 5.41 Å². The van der Waals surface area contributed by atoms with E-state index in [0.717, 1.165) is 12.5 Å². The van der Waals surface area contributed by atoms with Crippen molar-refractivity contribution in [3.8, 4) is 0 Å². The van der Waals surface area contributed by atoms with E-state index in [0.29, 0.717) is 6.54 Å². The SMILES string of the molecule is CCC(C)(C)CNC(=O)c1cc(S(=O)(=O)Cl)c(Cl)cc1Cl. The first-order valence-corrected chi connectivity index (χ1v) is 9.26. The zero-order valence-electron chi connectivity index (χ0n) is 11.8. The van der Waals surface area contributed by atoms with Gasteiger partial charge in [-0.15, -0.1) is 0 Å². The van der Waals surface area contributed by atoms with Crippen molar-refractivity contribution in [2.75, 3.05) is 6.54 Å². The summed E-state index contributed by atoms with van der Waals surface area (Å²) in [5, 5.41) is 2.67. The molecule has 0 aliphatic carbocycles. The predicted molar refractivity (Wildman–Crippen MR) is 85.9 cm³/mol. The molecule has 4 nitrogen and oxygen atoms in total. The quantitative estimate of drug-likeness (QED) is 0.792. The third-order valence-corrected chi connectivity index (χ3v) is 5.31. The van der Waals surface area contributed by atoms with E-state index in [4.69, 9.17) is 33.9 Å². The van der Waals surface area contributed by atoms with Gasteiger partial charge in [-0.05, 0) is 24.0 Å². The summed E-state index contributed by atoms with van der Waals surface area (Å²) in [6.45, 7) is 6.46. The second-order valence-corrected chi connectivity index (χ2v) is 8.75. The van der Waals surface area contributed by atoms with Crippen LogP contribution < -0.4 is 5.32 Å². The summed E-state index contributed by atoms with van der Waals surface area (Å²) in [7, 11) is 1.23. The van der Waals surface area contributed by atoms with Crippen LogP contribution in [0.3, 0.4) is 0 Å². The highest BCUT2D eigenvalue weighted by Crippen LogP contribution is 2.30. The predicted octanol–water partition coefficient (Wildman–Crippen LogP) is 4.09. The number of amides is 1. The molecule has 8 heteroatoms. The lowest BCUT2D eigenvalue weighted by Crippen LogP contribution is -2.33. The Kier molecular flexibility index (Phi) is 5.95. The normalized spacial score (nSPS) is 12.3. The molecule has 0 unspecified atom stereocenters. The number of rotatable bonds is 5. The molecule has 0 saturated carbocycles. The van der Waals surface area contributed by atoms with E-state index in [1.165, 1.54) is 6.07 Å². The van der Waals surface area contributed by atoms with Crippen molar-refractivity contribution in [1.29, 1.82) is 0 Å². The Morgan fingerprint density at radius 2 is 1.81 bits per heavy atom. The van der Waals surface area contributed by atoms with E-state index in [2.05, 4.69) is 5.32 Å². The molecular formula is C13H16Cl3NO3S. The molecule has 21 heavy (non-hydrogen) atoms. The number of nitrogens with one attached hydrogen (secondary N) is 1. The third-order valence-electron chi connectivity index (χ3n) is 3.21. The zero-order valence-corrected chi connectivity index (χ0v) is 14.9.